The summed E-state index contributed by atoms with van der Waals surface area (Å²) >= 11 is 1.48. The number of aliphatic carboxylic acids is 1. The number of hydrogen-bond acceptors (Lipinski definition) is 4. The second kappa shape index (κ2) is 6.85. The van der Waals surface area contributed by atoms with E-state index in [1.165, 1.54) is 35.3 Å². The quantitative estimate of drug-likeness (QED) is 0.813. The van der Waals surface area contributed by atoms with Crippen LogP contribution in [-0.2, 0) is 22.4 Å². The summed E-state index contributed by atoms with van der Waals surface area (Å²) in [4.78, 5) is 25.0. The molecule has 0 fully saturated rings. The zero-order valence-corrected chi connectivity index (χ0v) is 12.3. The van der Waals surface area contributed by atoms with Gasteiger partial charge in [-0.1, -0.05) is 6.42 Å². The summed E-state index contributed by atoms with van der Waals surface area (Å²) in [5.41, 5.74) is 1.25. The van der Waals surface area contributed by atoms with Crippen LogP contribution in [0.5, 0.6) is 0 Å². The van der Waals surface area contributed by atoms with Gasteiger partial charge in [0.15, 0.2) is 6.04 Å². The van der Waals surface area contributed by atoms with E-state index in [1.54, 1.807) is 0 Å². The Morgan fingerprint density at radius 3 is 2.85 bits per heavy atom. The molecule has 1 atom stereocenters. The van der Waals surface area contributed by atoms with Gasteiger partial charge in [-0.05, 0) is 37.3 Å². The van der Waals surface area contributed by atoms with E-state index in [1.807, 2.05) is 6.07 Å². The maximum absolute atomic E-state index is 12.1. The fourth-order valence-electron chi connectivity index (χ4n) is 2.35. The van der Waals surface area contributed by atoms with Gasteiger partial charge in [0.2, 0.25) is 0 Å². The van der Waals surface area contributed by atoms with Crippen LogP contribution in [0.2, 0.25) is 0 Å². The molecule has 5 nitrogen and oxygen atoms in total. The Kier molecular flexibility index (Phi) is 5.14. The van der Waals surface area contributed by atoms with Crippen LogP contribution in [0.25, 0.3) is 0 Å². The van der Waals surface area contributed by atoms with Crippen molar-refractivity contribution >= 4 is 23.2 Å². The number of aryl methyl sites for hydroxylation is 2. The van der Waals surface area contributed by atoms with Crippen LogP contribution in [0.3, 0.4) is 0 Å². The molecule has 0 aromatic carbocycles. The molecule has 2 rings (SSSR count). The number of amides is 1. The Bertz CT molecular complexity index is 474. The van der Waals surface area contributed by atoms with Crippen molar-refractivity contribution in [3.8, 4) is 0 Å². The maximum atomic E-state index is 12.1. The Morgan fingerprint density at radius 1 is 1.40 bits per heavy atom. The largest absolute Gasteiger partial charge is 0.480 e. The molecule has 0 radical (unpaired) electrons. The predicted octanol–water partition coefficient (Wildman–Crippen LogP) is 1.85. The highest BCUT2D eigenvalue weighted by molar-refractivity contribution is 7.14. The molecule has 6 heteroatoms. The van der Waals surface area contributed by atoms with E-state index >= 15 is 0 Å². The molecule has 1 aliphatic carbocycles. The van der Waals surface area contributed by atoms with Crippen molar-refractivity contribution < 1.29 is 19.4 Å². The average molecular weight is 297 g/mol. The highest BCUT2D eigenvalue weighted by Gasteiger charge is 2.22. The molecule has 0 spiro atoms. The van der Waals surface area contributed by atoms with E-state index in [0.29, 0.717) is 4.88 Å². The normalized spacial score (nSPS) is 16.1. The number of rotatable bonds is 5. The third-order valence-corrected chi connectivity index (χ3v) is 4.64. The van der Waals surface area contributed by atoms with Gasteiger partial charge in [0.05, 0.1) is 11.5 Å². The number of thiophene rings is 1. The predicted molar refractivity (Wildman–Crippen MR) is 76.3 cm³/mol. The van der Waals surface area contributed by atoms with Crippen LogP contribution in [0, 0.1) is 0 Å². The number of fused-ring (bicyclic) bond motifs is 1. The number of hydrogen-bond donors (Lipinski definition) is 2. The van der Waals surface area contributed by atoms with Gasteiger partial charge >= 0.3 is 5.97 Å². The van der Waals surface area contributed by atoms with Gasteiger partial charge in [0.25, 0.3) is 5.91 Å². The highest BCUT2D eigenvalue weighted by atomic mass is 32.1. The fraction of sp³-hybridized carbons (Fsp3) is 0.571. The van der Waals surface area contributed by atoms with Crippen molar-refractivity contribution in [2.75, 3.05) is 13.7 Å². The van der Waals surface area contributed by atoms with Crippen LogP contribution in [-0.4, -0.2) is 36.7 Å². The van der Waals surface area contributed by atoms with Crippen molar-refractivity contribution in [2.24, 2.45) is 0 Å². The molecule has 0 bridgehead atoms. The van der Waals surface area contributed by atoms with E-state index in [2.05, 4.69) is 5.32 Å². The van der Waals surface area contributed by atoms with Crippen LogP contribution < -0.4 is 5.32 Å². The minimum Gasteiger partial charge on any atom is -0.480 e. The van der Waals surface area contributed by atoms with Crippen molar-refractivity contribution in [2.45, 2.75) is 38.1 Å². The molecule has 0 saturated heterocycles. The standard InChI is InChI=1S/C14H19NO4S/c1-19-8-10(14(17)18)15-13(16)12-7-9-5-3-2-4-6-11(9)20-12/h7,10H,2-6,8H2,1H3,(H,15,16)(H,17,18). The first-order valence-electron chi connectivity index (χ1n) is 6.76. The first kappa shape index (κ1) is 15.0. The monoisotopic (exact) mass is 297 g/mol. The van der Waals surface area contributed by atoms with Gasteiger partial charge in [-0.15, -0.1) is 11.3 Å². The van der Waals surface area contributed by atoms with Crippen LogP contribution in [0.1, 0.15) is 39.4 Å². The molecular weight excluding hydrogens is 278 g/mol. The number of nitrogens with one attached hydrogen (secondary N) is 1. The number of carboxylic acid groups (broad SMARTS) is 1. The van der Waals surface area contributed by atoms with Gasteiger partial charge in [0.1, 0.15) is 0 Å². The molecule has 2 N–H and O–H groups in total. The molecule has 1 aromatic heterocycles. The molecule has 1 amide bonds. The van der Waals surface area contributed by atoms with Gasteiger partial charge in [-0.2, -0.15) is 0 Å². The topological polar surface area (TPSA) is 75.6 Å². The lowest BCUT2D eigenvalue weighted by Crippen LogP contribution is -2.43. The zero-order valence-electron chi connectivity index (χ0n) is 11.5. The lowest BCUT2D eigenvalue weighted by Gasteiger charge is -2.12. The number of carbonyl (C=O) groups is 2. The summed E-state index contributed by atoms with van der Waals surface area (Å²) in [6.07, 6.45) is 5.59. The number of methoxy groups -OCH3 is 1. The smallest absolute Gasteiger partial charge is 0.328 e. The maximum Gasteiger partial charge on any atom is 0.328 e. The van der Waals surface area contributed by atoms with Crippen molar-refractivity contribution in [1.82, 2.24) is 5.32 Å². The molecule has 110 valence electrons. The summed E-state index contributed by atoms with van der Waals surface area (Å²) in [7, 11) is 1.41. The van der Waals surface area contributed by atoms with E-state index in [0.717, 1.165) is 25.7 Å². The number of ether oxygens (including phenoxy) is 1. The zero-order chi connectivity index (χ0) is 14.5. The fourth-order valence-corrected chi connectivity index (χ4v) is 3.51. The van der Waals surface area contributed by atoms with Crippen molar-refractivity contribution in [3.63, 3.8) is 0 Å². The average Bonchev–Trinajstić information content (AvgIpc) is 2.69. The van der Waals surface area contributed by atoms with E-state index in [9.17, 15) is 9.59 Å². The third kappa shape index (κ3) is 3.58. The van der Waals surface area contributed by atoms with Crippen LogP contribution in [0.4, 0.5) is 0 Å². The summed E-state index contributed by atoms with van der Waals surface area (Å²) < 4.78 is 4.81. The van der Waals surface area contributed by atoms with E-state index < -0.39 is 12.0 Å². The summed E-state index contributed by atoms with van der Waals surface area (Å²) in [5, 5.41) is 11.5. The Balaban J connectivity index is 2.07. The molecule has 0 aliphatic heterocycles. The van der Waals surface area contributed by atoms with Crippen molar-refractivity contribution in [1.29, 1.82) is 0 Å². The third-order valence-electron chi connectivity index (χ3n) is 3.41. The van der Waals surface area contributed by atoms with E-state index in [-0.39, 0.29) is 12.5 Å². The van der Waals surface area contributed by atoms with Crippen LogP contribution in [0.15, 0.2) is 6.07 Å². The molecule has 1 unspecified atom stereocenters. The molecule has 1 aromatic rings. The minimum absolute atomic E-state index is 0.0356. The number of carbonyl (C=O) groups excluding carboxylic acids is 1. The molecule has 0 saturated carbocycles. The number of carboxylic acids is 1. The molecule has 20 heavy (non-hydrogen) atoms. The first-order valence-corrected chi connectivity index (χ1v) is 7.57. The van der Waals surface area contributed by atoms with Gasteiger partial charge in [-0.3, -0.25) is 4.79 Å². The minimum atomic E-state index is -1.08. The second-order valence-electron chi connectivity index (χ2n) is 4.94. The molecule has 1 aliphatic rings. The Morgan fingerprint density at radius 2 is 2.15 bits per heavy atom. The molecule has 1 heterocycles. The lowest BCUT2D eigenvalue weighted by molar-refractivity contribution is -0.140. The highest BCUT2D eigenvalue weighted by Crippen LogP contribution is 2.28. The first-order chi connectivity index (χ1) is 9.61. The summed E-state index contributed by atoms with van der Waals surface area (Å²) in [5.74, 6) is -1.41. The SMILES string of the molecule is COCC(NC(=O)c1cc2c(s1)CCCCC2)C(=O)O. The second-order valence-corrected chi connectivity index (χ2v) is 6.08. The Labute approximate surface area is 121 Å². The lowest BCUT2D eigenvalue weighted by atomic mass is 10.1. The van der Waals surface area contributed by atoms with Gasteiger partial charge < -0.3 is 15.2 Å². The molecular formula is C14H19NO4S. The summed E-state index contributed by atoms with van der Waals surface area (Å²) in [6, 6.07) is 0.904. The summed E-state index contributed by atoms with van der Waals surface area (Å²) in [6.45, 7) is -0.0356. The van der Waals surface area contributed by atoms with Crippen molar-refractivity contribution in [3.05, 3.63) is 21.4 Å². The van der Waals surface area contributed by atoms with Crippen LogP contribution >= 0.6 is 11.3 Å². The van der Waals surface area contributed by atoms with E-state index in [4.69, 9.17) is 9.84 Å². The Hall–Kier alpha value is -1.40. The van der Waals surface area contributed by atoms with Gasteiger partial charge in [-0.25, -0.2) is 4.79 Å². The van der Waals surface area contributed by atoms with Gasteiger partial charge in [0, 0.05) is 12.0 Å².